The van der Waals surface area contributed by atoms with Gasteiger partial charge in [-0.05, 0) is 87.7 Å². The Kier molecular flexibility index (Phi) is 6.97. The van der Waals surface area contributed by atoms with Gasteiger partial charge in [0.05, 0.1) is 5.56 Å². The number of aromatic carboxylic acids is 1. The fraction of sp³-hybridized carbons (Fsp3) is 0.444. The number of carboxylic acid groups (broad SMARTS) is 1. The van der Waals surface area contributed by atoms with Crippen molar-refractivity contribution in [1.82, 2.24) is 14.4 Å². The summed E-state index contributed by atoms with van der Waals surface area (Å²) < 4.78 is 2.49. The molecule has 1 saturated heterocycles. The lowest BCUT2D eigenvalue weighted by Gasteiger charge is -2.32. The molecule has 1 aliphatic heterocycles. The predicted octanol–water partition coefficient (Wildman–Crippen LogP) is 4.57. The molecule has 2 heterocycles. The zero-order valence-electron chi connectivity index (χ0n) is 19.6. The highest BCUT2D eigenvalue weighted by molar-refractivity contribution is 5.87. The summed E-state index contributed by atoms with van der Waals surface area (Å²) in [5, 5.41) is 10.4. The van der Waals surface area contributed by atoms with Crippen molar-refractivity contribution in [2.45, 2.75) is 39.7 Å². The highest BCUT2D eigenvalue weighted by Gasteiger charge is 2.14. The van der Waals surface area contributed by atoms with Crippen molar-refractivity contribution < 1.29 is 9.90 Å². The fourth-order valence-corrected chi connectivity index (χ4v) is 4.77. The second-order valence-electron chi connectivity index (χ2n) is 9.24. The van der Waals surface area contributed by atoms with Gasteiger partial charge in [-0.15, -0.1) is 0 Å². The van der Waals surface area contributed by atoms with E-state index in [1.807, 2.05) is 12.1 Å². The second kappa shape index (κ2) is 9.88. The van der Waals surface area contributed by atoms with Crippen molar-refractivity contribution in [2.75, 3.05) is 39.8 Å². The molecule has 5 nitrogen and oxygen atoms in total. The van der Waals surface area contributed by atoms with Crippen LogP contribution in [0.5, 0.6) is 0 Å². The number of unbranched alkanes of at least 4 members (excludes halogenated alkanes) is 1. The van der Waals surface area contributed by atoms with Crippen LogP contribution in [-0.4, -0.2) is 65.2 Å². The van der Waals surface area contributed by atoms with Crippen molar-refractivity contribution in [1.29, 1.82) is 0 Å². The lowest BCUT2D eigenvalue weighted by Crippen LogP contribution is -2.44. The molecule has 0 amide bonds. The number of aryl methyl sites for hydroxylation is 2. The Morgan fingerprint density at radius 1 is 0.906 bits per heavy atom. The number of fused-ring (bicyclic) bond motifs is 1. The molecule has 0 aliphatic carbocycles. The average molecular weight is 434 g/mol. The minimum atomic E-state index is -0.881. The number of rotatable bonds is 8. The Hall–Kier alpha value is -2.63. The van der Waals surface area contributed by atoms with Crippen LogP contribution in [0.3, 0.4) is 0 Å². The molecular weight excluding hydrogens is 398 g/mol. The number of carbonyl (C=O) groups is 1. The monoisotopic (exact) mass is 433 g/mol. The third kappa shape index (κ3) is 5.05. The molecule has 4 rings (SSSR count). The van der Waals surface area contributed by atoms with Gasteiger partial charge in [0.15, 0.2) is 0 Å². The fourth-order valence-electron chi connectivity index (χ4n) is 4.77. The number of hydrogen-bond donors (Lipinski definition) is 1. The summed E-state index contributed by atoms with van der Waals surface area (Å²) in [6.45, 7) is 11.5. The summed E-state index contributed by atoms with van der Waals surface area (Å²) in [5.41, 5.74) is 6.78. The smallest absolute Gasteiger partial charge is 0.335 e. The highest BCUT2D eigenvalue weighted by atomic mass is 16.4. The van der Waals surface area contributed by atoms with Crippen molar-refractivity contribution in [3.8, 4) is 0 Å². The molecule has 0 spiro atoms. The van der Waals surface area contributed by atoms with E-state index in [2.05, 4.69) is 53.5 Å². The summed E-state index contributed by atoms with van der Waals surface area (Å²) in [4.78, 5) is 16.1. The van der Waals surface area contributed by atoms with E-state index in [-0.39, 0.29) is 0 Å². The van der Waals surface area contributed by atoms with Gasteiger partial charge in [-0.1, -0.05) is 18.2 Å². The number of piperazine rings is 1. The predicted molar refractivity (Wildman–Crippen MR) is 131 cm³/mol. The number of likely N-dealkylation sites (N-methyl/N-ethyl adjacent to an activating group) is 1. The van der Waals surface area contributed by atoms with Crippen LogP contribution in [-0.2, 0) is 13.0 Å². The van der Waals surface area contributed by atoms with E-state index in [4.69, 9.17) is 5.11 Å². The van der Waals surface area contributed by atoms with Crippen LogP contribution in [0.15, 0.2) is 42.5 Å². The maximum absolute atomic E-state index is 11.1. The standard InChI is InChI=1S/C27H35N3O2/c1-20-21(2)30(13-5-4-12-29-16-14-28(3)15-17-29)26-11-8-23(19-25(20)26)18-22-6-9-24(10-7-22)27(31)32/h6-11,19H,4-5,12-18H2,1-3H3,(H,31,32). The molecule has 0 unspecified atom stereocenters. The Labute approximate surface area is 191 Å². The van der Waals surface area contributed by atoms with Gasteiger partial charge in [0.25, 0.3) is 0 Å². The van der Waals surface area contributed by atoms with Gasteiger partial charge in [0.2, 0.25) is 0 Å². The summed E-state index contributed by atoms with van der Waals surface area (Å²) in [6, 6.07) is 14.0. The number of carboxylic acids is 1. The molecule has 1 aromatic heterocycles. The van der Waals surface area contributed by atoms with Gasteiger partial charge in [0.1, 0.15) is 0 Å². The van der Waals surface area contributed by atoms with Gasteiger partial charge in [0, 0.05) is 49.3 Å². The van der Waals surface area contributed by atoms with E-state index in [0.29, 0.717) is 5.56 Å². The number of nitrogens with zero attached hydrogens (tertiary/aromatic N) is 3. The van der Waals surface area contributed by atoms with E-state index < -0.39 is 5.97 Å². The first-order chi connectivity index (χ1) is 15.4. The topological polar surface area (TPSA) is 48.7 Å². The molecule has 3 aromatic rings. The summed E-state index contributed by atoms with van der Waals surface area (Å²) >= 11 is 0. The van der Waals surface area contributed by atoms with E-state index >= 15 is 0 Å². The maximum Gasteiger partial charge on any atom is 0.335 e. The van der Waals surface area contributed by atoms with Gasteiger partial charge in [-0.2, -0.15) is 0 Å². The van der Waals surface area contributed by atoms with Crippen LogP contribution in [0, 0.1) is 13.8 Å². The number of benzene rings is 2. The average Bonchev–Trinajstić information content (AvgIpc) is 3.02. The Morgan fingerprint density at radius 2 is 1.56 bits per heavy atom. The molecule has 0 saturated carbocycles. The Bertz CT molecular complexity index is 1080. The lowest BCUT2D eigenvalue weighted by atomic mass is 10.0. The van der Waals surface area contributed by atoms with Crippen LogP contribution in [0.25, 0.3) is 10.9 Å². The van der Waals surface area contributed by atoms with Gasteiger partial charge in [-0.3, -0.25) is 0 Å². The van der Waals surface area contributed by atoms with Crippen molar-refractivity contribution in [3.63, 3.8) is 0 Å². The molecular formula is C27H35N3O2. The molecule has 2 aromatic carbocycles. The number of hydrogen-bond acceptors (Lipinski definition) is 3. The zero-order chi connectivity index (χ0) is 22.7. The molecule has 0 radical (unpaired) electrons. The molecule has 32 heavy (non-hydrogen) atoms. The SMILES string of the molecule is Cc1c(C)n(CCCCN2CCN(C)CC2)c2ccc(Cc3ccc(C(=O)O)cc3)cc12. The normalized spacial score (nSPS) is 15.5. The molecule has 1 aliphatic rings. The van der Waals surface area contributed by atoms with Crippen LogP contribution in [0.4, 0.5) is 0 Å². The van der Waals surface area contributed by atoms with Crippen molar-refractivity contribution in [2.24, 2.45) is 0 Å². The van der Waals surface area contributed by atoms with E-state index in [1.54, 1.807) is 12.1 Å². The maximum atomic E-state index is 11.1. The van der Waals surface area contributed by atoms with Crippen LogP contribution in [0.1, 0.15) is 45.6 Å². The largest absolute Gasteiger partial charge is 0.478 e. The lowest BCUT2D eigenvalue weighted by molar-refractivity contribution is 0.0697. The zero-order valence-corrected chi connectivity index (χ0v) is 19.6. The molecule has 0 bridgehead atoms. The first kappa shape index (κ1) is 22.6. The Morgan fingerprint density at radius 3 is 2.25 bits per heavy atom. The minimum absolute atomic E-state index is 0.334. The molecule has 170 valence electrons. The van der Waals surface area contributed by atoms with Gasteiger partial charge >= 0.3 is 5.97 Å². The quantitative estimate of drug-likeness (QED) is 0.529. The first-order valence-corrected chi connectivity index (χ1v) is 11.7. The summed E-state index contributed by atoms with van der Waals surface area (Å²) in [7, 11) is 2.21. The minimum Gasteiger partial charge on any atom is -0.478 e. The third-order valence-corrected chi connectivity index (χ3v) is 7.01. The van der Waals surface area contributed by atoms with Gasteiger partial charge in [-0.25, -0.2) is 4.79 Å². The van der Waals surface area contributed by atoms with Crippen molar-refractivity contribution >= 4 is 16.9 Å². The molecule has 1 N–H and O–H groups in total. The summed E-state index contributed by atoms with van der Waals surface area (Å²) in [6.07, 6.45) is 3.25. The first-order valence-electron chi connectivity index (χ1n) is 11.7. The van der Waals surface area contributed by atoms with Crippen molar-refractivity contribution in [3.05, 3.63) is 70.4 Å². The van der Waals surface area contributed by atoms with Crippen LogP contribution < -0.4 is 0 Å². The Balaban J connectivity index is 1.41. The van der Waals surface area contributed by atoms with E-state index in [0.717, 1.165) is 18.5 Å². The van der Waals surface area contributed by atoms with Gasteiger partial charge < -0.3 is 19.5 Å². The molecule has 1 fully saturated rings. The highest BCUT2D eigenvalue weighted by Crippen LogP contribution is 2.27. The van der Waals surface area contributed by atoms with Crippen LogP contribution >= 0.6 is 0 Å². The second-order valence-corrected chi connectivity index (χ2v) is 9.24. The summed E-state index contributed by atoms with van der Waals surface area (Å²) in [5.74, 6) is -0.881. The third-order valence-electron chi connectivity index (χ3n) is 7.01. The molecule has 0 atom stereocenters. The molecule has 5 heteroatoms. The number of aromatic nitrogens is 1. The van der Waals surface area contributed by atoms with Crippen LogP contribution in [0.2, 0.25) is 0 Å². The van der Waals surface area contributed by atoms with E-state index in [1.165, 1.54) is 73.3 Å². The van der Waals surface area contributed by atoms with E-state index in [9.17, 15) is 4.79 Å².